The second kappa shape index (κ2) is 5.65. The molecule has 16 heavy (non-hydrogen) atoms. The molecule has 5 heteroatoms. The van der Waals surface area contributed by atoms with Gasteiger partial charge in [0.25, 0.3) is 0 Å². The maximum Gasteiger partial charge on any atom is 0.224 e. The summed E-state index contributed by atoms with van der Waals surface area (Å²) in [5, 5.41) is 12.0. The summed E-state index contributed by atoms with van der Waals surface area (Å²) in [6.45, 7) is 6.79. The van der Waals surface area contributed by atoms with Gasteiger partial charge < -0.3 is 15.3 Å². The lowest BCUT2D eigenvalue weighted by atomic mass is 10.3. The molecule has 90 valence electrons. The zero-order valence-electron chi connectivity index (χ0n) is 10.4. The van der Waals surface area contributed by atoms with E-state index in [1.54, 1.807) is 7.05 Å². The summed E-state index contributed by atoms with van der Waals surface area (Å²) in [7, 11) is 1.80. The zero-order chi connectivity index (χ0) is 12.1. The number of aliphatic hydroxyl groups is 1. The van der Waals surface area contributed by atoms with Gasteiger partial charge in [-0.25, -0.2) is 4.98 Å². The van der Waals surface area contributed by atoms with Crippen molar-refractivity contribution in [1.29, 1.82) is 0 Å². The van der Waals surface area contributed by atoms with Crippen molar-refractivity contribution < 1.29 is 5.11 Å². The molecule has 2 N–H and O–H groups in total. The van der Waals surface area contributed by atoms with E-state index in [1.807, 2.05) is 13.0 Å². The summed E-state index contributed by atoms with van der Waals surface area (Å²) in [4.78, 5) is 10.7. The van der Waals surface area contributed by atoms with Gasteiger partial charge in [0.05, 0.1) is 6.61 Å². The number of aryl methyl sites for hydroxylation is 1. The monoisotopic (exact) mass is 224 g/mol. The molecule has 0 aliphatic carbocycles. The SMILES string of the molecule is CNc1nc(C)cc(N(CCO)C(C)C)n1. The maximum atomic E-state index is 9.04. The molecule has 0 saturated heterocycles. The van der Waals surface area contributed by atoms with Crippen LogP contribution in [-0.2, 0) is 0 Å². The second-order valence-electron chi connectivity index (χ2n) is 3.95. The summed E-state index contributed by atoms with van der Waals surface area (Å²) in [5.74, 6) is 1.46. The topological polar surface area (TPSA) is 61.3 Å². The zero-order valence-corrected chi connectivity index (χ0v) is 10.4. The molecule has 0 aliphatic rings. The first-order valence-corrected chi connectivity index (χ1v) is 5.49. The molecule has 0 bridgehead atoms. The van der Waals surface area contributed by atoms with Crippen LogP contribution >= 0.6 is 0 Å². The fourth-order valence-corrected chi connectivity index (χ4v) is 1.56. The third kappa shape index (κ3) is 3.06. The van der Waals surface area contributed by atoms with Crippen LogP contribution in [0.5, 0.6) is 0 Å². The van der Waals surface area contributed by atoms with Crippen LogP contribution in [-0.4, -0.2) is 41.3 Å². The van der Waals surface area contributed by atoms with E-state index in [2.05, 4.69) is 34.0 Å². The van der Waals surface area contributed by atoms with E-state index in [0.29, 0.717) is 18.5 Å². The molecule has 0 aliphatic heterocycles. The van der Waals surface area contributed by atoms with Crippen LogP contribution in [0.15, 0.2) is 6.07 Å². The van der Waals surface area contributed by atoms with Gasteiger partial charge in [0.2, 0.25) is 5.95 Å². The first-order chi connectivity index (χ1) is 7.58. The number of nitrogens with zero attached hydrogens (tertiary/aromatic N) is 3. The Bertz CT molecular complexity index is 341. The molecular formula is C11H20N4O. The van der Waals surface area contributed by atoms with E-state index in [-0.39, 0.29) is 6.61 Å². The molecule has 1 rings (SSSR count). The van der Waals surface area contributed by atoms with Gasteiger partial charge in [0.1, 0.15) is 5.82 Å². The van der Waals surface area contributed by atoms with E-state index in [9.17, 15) is 0 Å². The Hall–Kier alpha value is -1.36. The van der Waals surface area contributed by atoms with Crippen molar-refractivity contribution in [2.24, 2.45) is 0 Å². The molecule has 5 nitrogen and oxygen atoms in total. The predicted octanol–water partition coefficient (Wildman–Crippen LogP) is 1.03. The molecule has 0 aromatic carbocycles. The van der Waals surface area contributed by atoms with E-state index in [0.717, 1.165) is 11.5 Å². The van der Waals surface area contributed by atoms with Crippen LogP contribution in [0, 0.1) is 6.92 Å². The van der Waals surface area contributed by atoms with Crippen LogP contribution in [0.3, 0.4) is 0 Å². The first kappa shape index (κ1) is 12.7. The summed E-state index contributed by atoms with van der Waals surface area (Å²) in [6.07, 6.45) is 0. The number of hydrogen-bond donors (Lipinski definition) is 2. The molecular weight excluding hydrogens is 204 g/mol. The second-order valence-corrected chi connectivity index (χ2v) is 3.95. The Kier molecular flexibility index (Phi) is 4.49. The Labute approximate surface area is 96.5 Å². The largest absolute Gasteiger partial charge is 0.395 e. The lowest BCUT2D eigenvalue weighted by Gasteiger charge is -2.27. The minimum absolute atomic E-state index is 0.121. The maximum absolute atomic E-state index is 9.04. The van der Waals surface area contributed by atoms with Crippen molar-refractivity contribution in [2.45, 2.75) is 26.8 Å². The normalized spacial score (nSPS) is 10.6. The van der Waals surface area contributed by atoms with Gasteiger partial charge >= 0.3 is 0 Å². The Balaban J connectivity index is 3.03. The van der Waals surface area contributed by atoms with E-state index < -0.39 is 0 Å². The smallest absolute Gasteiger partial charge is 0.224 e. The molecule has 0 spiro atoms. The summed E-state index contributed by atoms with van der Waals surface area (Å²) < 4.78 is 0. The molecule has 0 unspecified atom stereocenters. The van der Waals surface area contributed by atoms with Crippen LogP contribution < -0.4 is 10.2 Å². The van der Waals surface area contributed by atoms with E-state index in [4.69, 9.17) is 5.11 Å². The third-order valence-electron chi connectivity index (χ3n) is 2.32. The van der Waals surface area contributed by atoms with Crippen molar-refractivity contribution in [3.63, 3.8) is 0 Å². The predicted molar refractivity (Wildman–Crippen MR) is 65.9 cm³/mol. The van der Waals surface area contributed by atoms with Gasteiger partial charge in [-0.2, -0.15) is 4.98 Å². The number of rotatable bonds is 5. The molecule has 1 aromatic rings. The van der Waals surface area contributed by atoms with Crippen molar-refractivity contribution in [3.05, 3.63) is 11.8 Å². The molecule has 0 atom stereocenters. The van der Waals surface area contributed by atoms with Crippen molar-refractivity contribution >= 4 is 11.8 Å². The van der Waals surface area contributed by atoms with Gasteiger partial charge in [-0.05, 0) is 20.8 Å². The van der Waals surface area contributed by atoms with Crippen LogP contribution in [0.2, 0.25) is 0 Å². The number of nitrogens with one attached hydrogen (secondary N) is 1. The number of aromatic nitrogens is 2. The van der Waals surface area contributed by atoms with Crippen LogP contribution in [0.25, 0.3) is 0 Å². The van der Waals surface area contributed by atoms with Crippen molar-refractivity contribution in [3.8, 4) is 0 Å². The fraction of sp³-hybridized carbons (Fsp3) is 0.636. The lowest BCUT2D eigenvalue weighted by Crippen LogP contribution is -2.34. The third-order valence-corrected chi connectivity index (χ3v) is 2.32. The van der Waals surface area contributed by atoms with Gasteiger partial charge in [0.15, 0.2) is 0 Å². The average molecular weight is 224 g/mol. The van der Waals surface area contributed by atoms with Crippen LogP contribution in [0.4, 0.5) is 11.8 Å². The summed E-state index contributed by atoms with van der Waals surface area (Å²) >= 11 is 0. The molecule has 0 amide bonds. The summed E-state index contributed by atoms with van der Waals surface area (Å²) in [6, 6.07) is 2.22. The Morgan fingerprint density at radius 3 is 2.62 bits per heavy atom. The van der Waals surface area contributed by atoms with Gasteiger partial charge in [-0.1, -0.05) is 0 Å². The van der Waals surface area contributed by atoms with Gasteiger partial charge in [-0.3, -0.25) is 0 Å². The fourth-order valence-electron chi connectivity index (χ4n) is 1.56. The Morgan fingerprint density at radius 2 is 2.12 bits per heavy atom. The molecule has 0 radical (unpaired) electrons. The lowest BCUT2D eigenvalue weighted by molar-refractivity contribution is 0.298. The number of aliphatic hydroxyl groups excluding tert-OH is 1. The standard InChI is InChI=1S/C11H20N4O/c1-8(2)15(5-6-16)10-7-9(3)13-11(12-4)14-10/h7-8,16H,5-6H2,1-4H3,(H,12,13,14). The highest BCUT2D eigenvalue weighted by Gasteiger charge is 2.12. The van der Waals surface area contributed by atoms with Crippen molar-refractivity contribution in [1.82, 2.24) is 9.97 Å². The number of anilines is 2. The minimum atomic E-state index is 0.121. The molecule has 1 aromatic heterocycles. The van der Waals surface area contributed by atoms with Gasteiger partial charge in [0, 0.05) is 31.4 Å². The Morgan fingerprint density at radius 1 is 1.44 bits per heavy atom. The molecule has 0 fully saturated rings. The van der Waals surface area contributed by atoms with Crippen LogP contribution in [0.1, 0.15) is 19.5 Å². The van der Waals surface area contributed by atoms with Crippen molar-refractivity contribution in [2.75, 3.05) is 30.4 Å². The highest BCUT2D eigenvalue weighted by molar-refractivity contribution is 5.45. The highest BCUT2D eigenvalue weighted by atomic mass is 16.3. The molecule has 1 heterocycles. The average Bonchev–Trinajstić information content (AvgIpc) is 2.24. The minimum Gasteiger partial charge on any atom is -0.395 e. The van der Waals surface area contributed by atoms with E-state index >= 15 is 0 Å². The summed E-state index contributed by atoms with van der Waals surface area (Å²) in [5.41, 5.74) is 0.915. The van der Waals surface area contributed by atoms with E-state index in [1.165, 1.54) is 0 Å². The highest BCUT2D eigenvalue weighted by Crippen LogP contribution is 2.16. The number of hydrogen-bond acceptors (Lipinski definition) is 5. The quantitative estimate of drug-likeness (QED) is 0.782. The first-order valence-electron chi connectivity index (χ1n) is 5.49. The molecule has 0 saturated carbocycles. The van der Waals surface area contributed by atoms with Gasteiger partial charge in [-0.15, -0.1) is 0 Å².